The highest BCUT2D eigenvalue weighted by Crippen LogP contribution is 2.20. The van der Waals surface area contributed by atoms with Crippen LogP contribution in [-0.2, 0) is 12.8 Å². The molecule has 2 nitrogen and oxygen atoms in total. The predicted octanol–water partition coefficient (Wildman–Crippen LogP) is 5.14. The van der Waals surface area contributed by atoms with Crippen molar-refractivity contribution in [2.75, 3.05) is 0 Å². The van der Waals surface area contributed by atoms with E-state index in [4.69, 9.17) is 5.11 Å². The third kappa shape index (κ3) is 6.20. The average Bonchev–Trinajstić information content (AvgIpc) is 2.86. The lowest BCUT2D eigenvalue weighted by Crippen LogP contribution is -1.81. The largest absolute Gasteiger partial charge is 0.492 e. The Bertz CT molecular complexity index is 476. The summed E-state index contributed by atoms with van der Waals surface area (Å²) >= 11 is 1.53. The van der Waals surface area contributed by atoms with Crippen molar-refractivity contribution < 1.29 is 5.11 Å². The maximum Gasteiger partial charge on any atom is 0.225 e. The second kappa shape index (κ2) is 9.54. The SMILES string of the molecule is CCCCc1scnc1O.CCCc1ccc(C)cc1. The van der Waals surface area contributed by atoms with Gasteiger partial charge in [-0.05, 0) is 31.7 Å². The van der Waals surface area contributed by atoms with Gasteiger partial charge in [0.15, 0.2) is 0 Å². The van der Waals surface area contributed by atoms with Crippen molar-refractivity contribution in [1.29, 1.82) is 0 Å². The highest BCUT2D eigenvalue weighted by molar-refractivity contribution is 7.09. The summed E-state index contributed by atoms with van der Waals surface area (Å²) < 4.78 is 0. The van der Waals surface area contributed by atoms with E-state index in [1.165, 1.54) is 35.3 Å². The molecule has 0 saturated carbocycles. The van der Waals surface area contributed by atoms with E-state index in [-0.39, 0.29) is 5.88 Å². The van der Waals surface area contributed by atoms with Crippen molar-refractivity contribution in [2.24, 2.45) is 0 Å². The number of nitrogens with zero attached hydrogens (tertiary/aromatic N) is 1. The van der Waals surface area contributed by atoms with Crippen LogP contribution in [0.4, 0.5) is 0 Å². The fourth-order valence-corrected chi connectivity index (χ4v) is 2.52. The summed E-state index contributed by atoms with van der Waals surface area (Å²) in [5.74, 6) is 0.221. The minimum atomic E-state index is 0.221. The number of unbranched alkanes of at least 4 members (excludes halogenated alkanes) is 1. The molecule has 0 aliphatic carbocycles. The highest BCUT2D eigenvalue weighted by Gasteiger charge is 2.01. The lowest BCUT2D eigenvalue weighted by molar-refractivity contribution is 0.450. The van der Waals surface area contributed by atoms with Gasteiger partial charge in [0.1, 0.15) is 0 Å². The molecule has 0 atom stereocenters. The summed E-state index contributed by atoms with van der Waals surface area (Å²) in [6, 6.07) is 8.76. The number of thiazole rings is 1. The van der Waals surface area contributed by atoms with Crippen LogP contribution in [0.15, 0.2) is 29.8 Å². The van der Waals surface area contributed by atoms with E-state index >= 15 is 0 Å². The van der Waals surface area contributed by atoms with E-state index in [9.17, 15) is 0 Å². The van der Waals surface area contributed by atoms with Crippen LogP contribution < -0.4 is 0 Å². The Morgan fingerprint density at radius 2 is 1.75 bits per heavy atom. The fourth-order valence-electron chi connectivity index (χ4n) is 1.82. The first-order chi connectivity index (χ1) is 9.67. The number of rotatable bonds is 5. The van der Waals surface area contributed by atoms with E-state index in [2.05, 4.69) is 50.0 Å². The molecule has 0 saturated heterocycles. The van der Waals surface area contributed by atoms with Crippen LogP contribution in [0.1, 0.15) is 49.1 Å². The number of aryl methyl sites for hydroxylation is 3. The molecule has 0 unspecified atom stereocenters. The van der Waals surface area contributed by atoms with E-state index in [1.54, 1.807) is 5.51 Å². The average molecular weight is 291 g/mol. The van der Waals surface area contributed by atoms with Gasteiger partial charge in [0.05, 0.1) is 10.4 Å². The van der Waals surface area contributed by atoms with Gasteiger partial charge in [-0.2, -0.15) is 0 Å². The van der Waals surface area contributed by atoms with Crippen molar-refractivity contribution in [2.45, 2.75) is 52.9 Å². The summed E-state index contributed by atoms with van der Waals surface area (Å²) in [5.41, 5.74) is 4.48. The van der Waals surface area contributed by atoms with E-state index < -0.39 is 0 Å². The standard InChI is InChI=1S/C10H14.C7H11NOS/c1-3-4-10-7-5-9(2)6-8-10;1-2-3-4-6-7(9)8-5-10-6/h5-8H,3-4H2,1-2H3;5,9H,2-4H2,1H3. The fraction of sp³-hybridized carbons (Fsp3) is 0.471. The Kier molecular flexibility index (Phi) is 7.97. The van der Waals surface area contributed by atoms with Gasteiger partial charge in [0.2, 0.25) is 5.88 Å². The van der Waals surface area contributed by atoms with Crippen molar-refractivity contribution in [3.8, 4) is 5.88 Å². The van der Waals surface area contributed by atoms with Gasteiger partial charge in [0.25, 0.3) is 0 Å². The van der Waals surface area contributed by atoms with Gasteiger partial charge in [-0.1, -0.05) is 56.5 Å². The first-order valence-electron chi connectivity index (χ1n) is 7.34. The van der Waals surface area contributed by atoms with Crippen LogP contribution in [-0.4, -0.2) is 10.1 Å². The Hall–Kier alpha value is -1.35. The summed E-state index contributed by atoms with van der Waals surface area (Å²) in [7, 11) is 0. The second-order valence-corrected chi connectivity index (χ2v) is 5.88. The van der Waals surface area contributed by atoms with Crippen molar-refractivity contribution in [3.63, 3.8) is 0 Å². The van der Waals surface area contributed by atoms with E-state index in [0.717, 1.165) is 24.1 Å². The molecule has 110 valence electrons. The van der Waals surface area contributed by atoms with Crippen LogP contribution in [0, 0.1) is 6.92 Å². The molecule has 0 amide bonds. The number of aromatic hydroxyl groups is 1. The van der Waals surface area contributed by atoms with Crippen LogP contribution in [0.5, 0.6) is 5.88 Å². The smallest absolute Gasteiger partial charge is 0.225 e. The molecule has 1 heterocycles. The lowest BCUT2D eigenvalue weighted by atomic mass is 10.1. The Morgan fingerprint density at radius 3 is 2.25 bits per heavy atom. The summed E-state index contributed by atoms with van der Waals surface area (Å²) in [4.78, 5) is 4.76. The monoisotopic (exact) mass is 291 g/mol. The zero-order chi connectivity index (χ0) is 14.8. The first kappa shape index (κ1) is 16.7. The first-order valence-corrected chi connectivity index (χ1v) is 8.22. The minimum Gasteiger partial charge on any atom is -0.492 e. The van der Waals surface area contributed by atoms with Gasteiger partial charge in [-0.3, -0.25) is 0 Å². The third-order valence-electron chi connectivity index (χ3n) is 3.04. The summed E-state index contributed by atoms with van der Waals surface area (Å²) in [5, 5.41) is 9.08. The number of aromatic nitrogens is 1. The molecule has 0 aliphatic rings. The molecular weight excluding hydrogens is 266 g/mol. The van der Waals surface area contributed by atoms with Crippen LogP contribution in [0.3, 0.4) is 0 Å². The number of hydrogen-bond donors (Lipinski definition) is 1. The number of hydrogen-bond acceptors (Lipinski definition) is 3. The normalized spacial score (nSPS) is 9.95. The molecule has 0 fully saturated rings. The molecule has 1 aromatic carbocycles. The predicted molar refractivity (Wildman–Crippen MR) is 87.6 cm³/mol. The van der Waals surface area contributed by atoms with Gasteiger partial charge in [-0.25, -0.2) is 4.98 Å². The minimum absolute atomic E-state index is 0.221. The zero-order valence-corrected chi connectivity index (χ0v) is 13.5. The topological polar surface area (TPSA) is 33.1 Å². The third-order valence-corrected chi connectivity index (χ3v) is 3.92. The molecule has 2 aromatic rings. The molecule has 1 aromatic heterocycles. The molecule has 20 heavy (non-hydrogen) atoms. The van der Waals surface area contributed by atoms with Gasteiger partial charge >= 0.3 is 0 Å². The molecule has 0 bridgehead atoms. The van der Waals surface area contributed by atoms with Crippen molar-refractivity contribution in [3.05, 3.63) is 45.8 Å². The Morgan fingerprint density at radius 1 is 1.05 bits per heavy atom. The number of benzene rings is 1. The van der Waals surface area contributed by atoms with Crippen LogP contribution in [0.2, 0.25) is 0 Å². The van der Waals surface area contributed by atoms with Gasteiger partial charge < -0.3 is 5.11 Å². The Balaban J connectivity index is 0.000000200. The Labute approximate surface area is 126 Å². The molecule has 0 aliphatic heterocycles. The molecule has 1 N–H and O–H groups in total. The molecule has 0 spiro atoms. The second-order valence-electron chi connectivity index (χ2n) is 4.94. The molecule has 0 radical (unpaired) electrons. The highest BCUT2D eigenvalue weighted by atomic mass is 32.1. The van der Waals surface area contributed by atoms with Crippen molar-refractivity contribution >= 4 is 11.3 Å². The summed E-state index contributed by atoms with van der Waals surface area (Å²) in [6.07, 6.45) is 5.71. The maximum absolute atomic E-state index is 9.08. The zero-order valence-electron chi connectivity index (χ0n) is 12.7. The quantitative estimate of drug-likeness (QED) is 0.827. The molecule has 3 heteroatoms. The van der Waals surface area contributed by atoms with Crippen LogP contribution >= 0.6 is 11.3 Å². The lowest BCUT2D eigenvalue weighted by Gasteiger charge is -1.97. The maximum atomic E-state index is 9.08. The molecule has 2 rings (SSSR count). The van der Waals surface area contributed by atoms with E-state index in [1.807, 2.05) is 0 Å². The van der Waals surface area contributed by atoms with Crippen LogP contribution in [0.25, 0.3) is 0 Å². The van der Waals surface area contributed by atoms with Gasteiger partial charge in [-0.15, -0.1) is 11.3 Å². The summed E-state index contributed by atoms with van der Waals surface area (Å²) in [6.45, 7) is 6.47. The van der Waals surface area contributed by atoms with E-state index in [0.29, 0.717) is 0 Å². The van der Waals surface area contributed by atoms with Crippen molar-refractivity contribution in [1.82, 2.24) is 4.98 Å². The molecular formula is C17H25NOS. The van der Waals surface area contributed by atoms with Gasteiger partial charge in [0, 0.05) is 0 Å².